The van der Waals surface area contributed by atoms with Gasteiger partial charge in [-0.3, -0.25) is 9.59 Å². The smallest absolute Gasteiger partial charge is 0.248 e. The molecule has 0 saturated carbocycles. The fourth-order valence-corrected chi connectivity index (χ4v) is 2.75. The van der Waals surface area contributed by atoms with Gasteiger partial charge in [0.2, 0.25) is 5.91 Å². The number of hydrogen-bond acceptors (Lipinski definition) is 4. The number of fused-ring (bicyclic) bond motifs is 1. The fraction of sp³-hybridized carbons (Fsp3) is 0.263. The van der Waals surface area contributed by atoms with Crippen LogP contribution in [0.5, 0.6) is 5.75 Å². The number of aryl methyl sites for hydroxylation is 1. The van der Waals surface area contributed by atoms with Gasteiger partial charge >= 0.3 is 0 Å². The molecule has 2 aromatic carbocycles. The zero-order valence-corrected chi connectivity index (χ0v) is 13.3. The van der Waals surface area contributed by atoms with Crippen LogP contribution in [0.2, 0.25) is 0 Å². The molecule has 1 unspecified atom stereocenters. The summed E-state index contributed by atoms with van der Waals surface area (Å²) < 4.78 is 5.88. The number of nitrogens with one attached hydrogen (secondary N) is 1. The van der Waals surface area contributed by atoms with Gasteiger partial charge in [-0.15, -0.1) is 0 Å². The number of amides is 1. The maximum Gasteiger partial charge on any atom is 0.248 e. The lowest BCUT2D eigenvalue weighted by Gasteiger charge is -2.16. The molecule has 0 aliphatic carbocycles. The Hall–Kier alpha value is -2.66. The van der Waals surface area contributed by atoms with Crippen LogP contribution in [0, 0.1) is 0 Å². The van der Waals surface area contributed by atoms with Crippen LogP contribution in [-0.4, -0.2) is 24.3 Å². The molecular formula is C19H20N2O3. The second-order valence-corrected chi connectivity index (χ2v) is 5.88. The molecule has 1 heterocycles. The highest BCUT2D eigenvalue weighted by atomic mass is 16.5. The normalized spacial score (nSPS) is 16.6. The fourth-order valence-electron chi connectivity index (χ4n) is 2.75. The maximum absolute atomic E-state index is 12.5. The molecule has 1 aliphatic heterocycles. The third kappa shape index (κ3) is 3.81. The van der Waals surface area contributed by atoms with Crippen molar-refractivity contribution < 1.29 is 14.3 Å². The third-order valence-electron chi connectivity index (χ3n) is 4.13. The molecule has 5 nitrogen and oxygen atoms in total. The Balaban J connectivity index is 1.69. The summed E-state index contributed by atoms with van der Waals surface area (Å²) in [5, 5.41) is 3.22. The maximum atomic E-state index is 12.5. The van der Waals surface area contributed by atoms with Crippen molar-refractivity contribution in [2.45, 2.75) is 25.5 Å². The Morgan fingerprint density at radius 1 is 1.17 bits per heavy atom. The first kappa shape index (κ1) is 16.2. The van der Waals surface area contributed by atoms with Crippen molar-refractivity contribution in [3.8, 4) is 5.75 Å². The number of nitrogens with two attached hydrogens (primary N) is 1. The van der Waals surface area contributed by atoms with Crippen LogP contribution in [-0.2, 0) is 17.8 Å². The van der Waals surface area contributed by atoms with Gasteiger partial charge < -0.3 is 15.8 Å². The van der Waals surface area contributed by atoms with Gasteiger partial charge in [0.15, 0.2) is 11.9 Å². The lowest BCUT2D eigenvalue weighted by molar-refractivity contribution is -0.125. The molecular weight excluding hydrogens is 304 g/mol. The van der Waals surface area contributed by atoms with Crippen molar-refractivity contribution in [2.75, 3.05) is 6.54 Å². The van der Waals surface area contributed by atoms with Crippen molar-refractivity contribution >= 4 is 11.7 Å². The minimum atomic E-state index is -0.557. The number of ketones is 1. The van der Waals surface area contributed by atoms with Gasteiger partial charge in [0.05, 0.1) is 0 Å². The minimum absolute atomic E-state index is 0.0451. The van der Waals surface area contributed by atoms with Crippen LogP contribution in [0.3, 0.4) is 0 Å². The highest BCUT2D eigenvalue weighted by Gasteiger charge is 2.24. The molecule has 3 N–H and O–H groups in total. The predicted molar refractivity (Wildman–Crippen MR) is 90.9 cm³/mol. The second-order valence-electron chi connectivity index (χ2n) is 5.88. The van der Waals surface area contributed by atoms with Crippen molar-refractivity contribution in [2.24, 2.45) is 5.73 Å². The molecule has 0 radical (unpaired) electrons. The number of benzene rings is 2. The van der Waals surface area contributed by atoms with E-state index in [-0.39, 0.29) is 5.78 Å². The van der Waals surface area contributed by atoms with E-state index < -0.39 is 12.0 Å². The molecule has 5 heteroatoms. The SMILES string of the molecule is NC(=O)c1ccc2c(c1)OC(C(=O)CCc1ccccc1)CNC2. The molecule has 0 aromatic heterocycles. The number of hydrogen-bond donors (Lipinski definition) is 2. The molecule has 124 valence electrons. The molecule has 1 aliphatic rings. The highest BCUT2D eigenvalue weighted by molar-refractivity contribution is 5.93. The Morgan fingerprint density at radius 2 is 1.96 bits per heavy atom. The molecule has 0 fully saturated rings. The van der Waals surface area contributed by atoms with E-state index in [1.54, 1.807) is 18.2 Å². The van der Waals surface area contributed by atoms with E-state index in [0.29, 0.717) is 37.2 Å². The lowest BCUT2D eigenvalue weighted by Crippen LogP contribution is -2.36. The minimum Gasteiger partial charge on any atom is -0.481 e. The summed E-state index contributed by atoms with van der Waals surface area (Å²) in [6.07, 6.45) is 0.549. The van der Waals surface area contributed by atoms with Crippen molar-refractivity contribution in [1.82, 2.24) is 5.32 Å². The van der Waals surface area contributed by atoms with Gasteiger partial charge in [-0.2, -0.15) is 0 Å². The molecule has 0 saturated heterocycles. The first-order valence-electron chi connectivity index (χ1n) is 8.00. The molecule has 2 aromatic rings. The molecule has 0 bridgehead atoms. The van der Waals surface area contributed by atoms with E-state index >= 15 is 0 Å². The number of ether oxygens (including phenoxy) is 1. The average molecular weight is 324 g/mol. The Labute approximate surface area is 140 Å². The number of Topliss-reactive ketones (excluding diaryl/α,β-unsaturated/α-hetero) is 1. The Bertz CT molecular complexity index is 744. The zero-order valence-electron chi connectivity index (χ0n) is 13.3. The standard InChI is InChI=1S/C19H20N2O3/c20-19(23)14-7-8-15-11-21-12-18(24-17(15)10-14)16(22)9-6-13-4-2-1-3-5-13/h1-5,7-8,10,18,21H,6,9,11-12H2,(H2,20,23). The first-order chi connectivity index (χ1) is 11.6. The molecule has 1 amide bonds. The summed E-state index contributed by atoms with van der Waals surface area (Å²) in [4.78, 5) is 23.8. The number of carbonyl (C=O) groups is 2. The summed E-state index contributed by atoms with van der Waals surface area (Å²) in [5.74, 6) is 0.0867. The van der Waals surface area contributed by atoms with Crippen LogP contribution in [0.25, 0.3) is 0 Å². The van der Waals surface area contributed by atoms with Crippen LogP contribution >= 0.6 is 0 Å². The molecule has 3 rings (SSSR count). The van der Waals surface area contributed by atoms with Gasteiger partial charge in [-0.1, -0.05) is 36.4 Å². The van der Waals surface area contributed by atoms with E-state index in [1.165, 1.54) is 0 Å². The quantitative estimate of drug-likeness (QED) is 0.879. The number of carbonyl (C=O) groups excluding carboxylic acids is 2. The lowest BCUT2D eigenvalue weighted by atomic mass is 10.0. The van der Waals surface area contributed by atoms with Crippen molar-refractivity contribution in [3.63, 3.8) is 0 Å². The Kier molecular flexibility index (Phi) is 4.91. The van der Waals surface area contributed by atoms with E-state index in [1.807, 2.05) is 30.3 Å². The van der Waals surface area contributed by atoms with E-state index in [9.17, 15) is 9.59 Å². The van der Waals surface area contributed by atoms with Crippen LogP contribution in [0.15, 0.2) is 48.5 Å². The Morgan fingerprint density at radius 3 is 2.71 bits per heavy atom. The van der Waals surface area contributed by atoms with Gasteiger partial charge in [0, 0.05) is 30.6 Å². The van der Waals surface area contributed by atoms with Gasteiger partial charge in [-0.25, -0.2) is 0 Å². The average Bonchev–Trinajstić information content (AvgIpc) is 2.82. The summed E-state index contributed by atoms with van der Waals surface area (Å²) in [7, 11) is 0. The van der Waals surface area contributed by atoms with Crippen LogP contribution in [0.1, 0.15) is 27.9 Å². The summed E-state index contributed by atoms with van der Waals surface area (Å²) in [5.41, 5.74) is 7.74. The van der Waals surface area contributed by atoms with Gasteiger partial charge in [-0.05, 0) is 24.1 Å². The molecule has 0 spiro atoms. The van der Waals surface area contributed by atoms with Crippen LogP contribution in [0.4, 0.5) is 0 Å². The van der Waals surface area contributed by atoms with E-state index in [2.05, 4.69) is 5.32 Å². The molecule has 24 heavy (non-hydrogen) atoms. The van der Waals surface area contributed by atoms with Crippen molar-refractivity contribution in [3.05, 3.63) is 65.2 Å². The monoisotopic (exact) mass is 324 g/mol. The summed E-state index contributed by atoms with van der Waals surface area (Å²) >= 11 is 0. The third-order valence-corrected chi connectivity index (χ3v) is 4.13. The molecule has 1 atom stereocenters. The van der Waals surface area contributed by atoms with E-state index in [4.69, 9.17) is 10.5 Å². The predicted octanol–water partition coefficient (Wildman–Crippen LogP) is 1.84. The zero-order chi connectivity index (χ0) is 16.9. The highest BCUT2D eigenvalue weighted by Crippen LogP contribution is 2.24. The topological polar surface area (TPSA) is 81.4 Å². The number of rotatable bonds is 5. The summed E-state index contributed by atoms with van der Waals surface area (Å²) in [6.45, 7) is 1.05. The first-order valence-corrected chi connectivity index (χ1v) is 8.00. The van der Waals surface area contributed by atoms with Crippen LogP contribution < -0.4 is 15.8 Å². The van der Waals surface area contributed by atoms with Gasteiger partial charge in [0.1, 0.15) is 5.75 Å². The van der Waals surface area contributed by atoms with Gasteiger partial charge in [0.25, 0.3) is 0 Å². The number of primary amides is 1. The summed E-state index contributed by atoms with van der Waals surface area (Å²) in [6, 6.07) is 15.0. The van der Waals surface area contributed by atoms with E-state index in [0.717, 1.165) is 11.1 Å². The van der Waals surface area contributed by atoms with Crippen molar-refractivity contribution in [1.29, 1.82) is 0 Å². The second kappa shape index (κ2) is 7.27. The largest absolute Gasteiger partial charge is 0.481 e.